The summed E-state index contributed by atoms with van der Waals surface area (Å²) in [7, 11) is -3.78. The summed E-state index contributed by atoms with van der Waals surface area (Å²) in [6.45, 7) is 0. The molecule has 0 bridgehead atoms. The lowest BCUT2D eigenvalue weighted by Gasteiger charge is -2.09. The zero-order valence-corrected chi connectivity index (χ0v) is 18.3. The van der Waals surface area contributed by atoms with Crippen LogP contribution < -0.4 is 10.0 Å². The van der Waals surface area contributed by atoms with Gasteiger partial charge >= 0.3 is 0 Å². The lowest BCUT2D eigenvalue weighted by atomic mass is 10.2. The van der Waals surface area contributed by atoms with Crippen molar-refractivity contribution in [3.05, 3.63) is 99.0 Å². The Hall–Kier alpha value is -3.50. The first kappa shape index (κ1) is 22.2. The highest BCUT2D eigenvalue weighted by Crippen LogP contribution is 2.20. The Bertz CT molecular complexity index is 1240. The number of hydrogen-bond donors (Lipinski definition) is 2. The number of nitro benzene ring substituents is 1. The Balaban J connectivity index is 1.64. The summed E-state index contributed by atoms with van der Waals surface area (Å²) in [5.41, 5.74) is 1.25. The third-order valence-corrected chi connectivity index (χ3v) is 5.96. The van der Waals surface area contributed by atoms with Gasteiger partial charge in [-0.2, -0.15) is 0 Å². The molecule has 0 aliphatic carbocycles. The van der Waals surface area contributed by atoms with E-state index in [0.29, 0.717) is 16.9 Å². The summed E-state index contributed by atoms with van der Waals surface area (Å²) in [5, 5.41) is 13.4. The SMILES string of the molecule is O=C(/C=C/c1cccc([N+](=O)[O-])c1)Nc1ccc(S(=O)(=O)Nc2ccc(Br)cc2)cc1. The minimum Gasteiger partial charge on any atom is -0.323 e. The molecular formula is C21H16BrN3O5S. The number of nitrogens with zero attached hydrogens (tertiary/aromatic N) is 1. The summed E-state index contributed by atoms with van der Waals surface area (Å²) < 4.78 is 28.3. The van der Waals surface area contributed by atoms with Gasteiger partial charge in [0, 0.05) is 34.1 Å². The van der Waals surface area contributed by atoms with Crippen LogP contribution in [0, 0.1) is 10.1 Å². The second kappa shape index (κ2) is 9.54. The van der Waals surface area contributed by atoms with Crippen LogP contribution in [0.15, 0.2) is 88.2 Å². The van der Waals surface area contributed by atoms with Crippen molar-refractivity contribution in [3.8, 4) is 0 Å². The third kappa shape index (κ3) is 6.24. The number of nitro groups is 1. The number of carbonyl (C=O) groups is 1. The second-order valence-corrected chi connectivity index (χ2v) is 8.91. The summed E-state index contributed by atoms with van der Waals surface area (Å²) >= 11 is 3.29. The summed E-state index contributed by atoms with van der Waals surface area (Å²) in [6.07, 6.45) is 2.68. The molecule has 0 saturated heterocycles. The van der Waals surface area contributed by atoms with Gasteiger partial charge in [-0.15, -0.1) is 0 Å². The predicted molar refractivity (Wildman–Crippen MR) is 122 cm³/mol. The Labute approximate surface area is 186 Å². The number of carbonyl (C=O) groups excluding carboxylic acids is 1. The molecule has 2 N–H and O–H groups in total. The average molecular weight is 502 g/mol. The minimum absolute atomic E-state index is 0.0422. The summed E-state index contributed by atoms with van der Waals surface area (Å²) in [6, 6.07) is 18.3. The fourth-order valence-electron chi connectivity index (χ4n) is 2.55. The molecule has 0 aromatic heterocycles. The number of nitrogens with one attached hydrogen (secondary N) is 2. The molecule has 0 saturated carbocycles. The molecule has 0 atom stereocenters. The number of benzene rings is 3. The fourth-order valence-corrected chi connectivity index (χ4v) is 3.87. The molecule has 158 valence electrons. The van der Waals surface area contributed by atoms with Crippen molar-refractivity contribution in [2.75, 3.05) is 10.0 Å². The monoisotopic (exact) mass is 501 g/mol. The molecule has 3 aromatic rings. The molecule has 10 heteroatoms. The lowest BCUT2D eigenvalue weighted by molar-refractivity contribution is -0.384. The van der Waals surface area contributed by atoms with E-state index in [1.165, 1.54) is 54.6 Å². The van der Waals surface area contributed by atoms with E-state index >= 15 is 0 Å². The normalized spacial score (nSPS) is 11.3. The number of amides is 1. The van der Waals surface area contributed by atoms with Gasteiger partial charge in [-0.3, -0.25) is 19.6 Å². The molecule has 8 nitrogen and oxygen atoms in total. The lowest BCUT2D eigenvalue weighted by Crippen LogP contribution is -2.13. The number of anilines is 2. The van der Waals surface area contributed by atoms with Crippen molar-refractivity contribution < 1.29 is 18.1 Å². The molecule has 3 aromatic carbocycles. The molecule has 0 unspecified atom stereocenters. The average Bonchev–Trinajstić information content (AvgIpc) is 2.74. The van der Waals surface area contributed by atoms with E-state index in [4.69, 9.17) is 0 Å². The van der Waals surface area contributed by atoms with Crippen LogP contribution in [0.5, 0.6) is 0 Å². The Morgan fingerprint density at radius 2 is 1.61 bits per heavy atom. The van der Waals surface area contributed by atoms with Gasteiger partial charge in [0.2, 0.25) is 5.91 Å². The summed E-state index contributed by atoms with van der Waals surface area (Å²) in [5.74, 6) is -0.463. The van der Waals surface area contributed by atoms with Crippen molar-refractivity contribution in [3.63, 3.8) is 0 Å². The Morgan fingerprint density at radius 1 is 0.968 bits per heavy atom. The maximum absolute atomic E-state index is 12.5. The summed E-state index contributed by atoms with van der Waals surface area (Å²) in [4.78, 5) is 22.4. The largest absolute Gasteiger partial charge is 0.323 e. The molecule has 3 rings (SSSR count). The second-order valence-electron chi connectivity index (χ2n) is 6.31. The maximum Gasteiger partial charge on any atom is 0.270 e. The molecule has 0 spiro atoms. The van der Waals surface area contributed by atoms with E-state index in [-0.39, 0.29) is 10.6 Å². The van der Waals surface area contributed by atoms with Crippen LogP contribution in [0.4, 0.5) is 17.1 Å². The van der Waals surface area contributed by atoms with Gasteiger partial charge in [0.1, 0.15) is 0 Å². The van der Waals surface area contributed by atoms with E-state index in [0.717, 1.165) is 4.47 Å². The molecule has 0 heterocycles. The minimum atomic E-state index is -3.78. The smallest absolute Gasteiger partial charge is 0.270 e. The molecule has 31 heavy (non-hydrogen) atoms. The van der Waals surface area contributed by atoms with Crippen molar-refractivity contribution >= 4 is 55.0 Å². The first-order valence-electron chi connectivity index (χ1n) is 8.85. The molecular weight excluding hydrogens is 486 g/mol. The van der Waals surface area contributed by atoms with Gasteiger partial charge in [-0.25, -0.2) is 8.42 Å². The highest BCUT2D eigenvalue weighted by Gasteiger charge is 2.14. The maximum atomic E-state index is 12.5. The predicted octanol–water partition coefficient (Wildman–Crippen LogP) is 4.81. The van der Waals surface area contributed by atoms with Gasteiger partial charge in [-0.1, -0.05) is 28.1 Å². The molecule has 0 fully saturated rings. The van der Waals surface area contributed by atoms with Gasteiger partial charge < -0.3 is 5.32 Å². The van der Waals surface area contributed by atoms with Crippen LogP contribution >= 0.6 is 15.9 Å². The van der Waals surface area contributed by atoms with Gasteiger partial charge in [0.25, 0.3) is 15.7 Å². The fraction of sp³-hybridized carbons (Fsp3) is 0. The third-order valence-electron chi connectivity index (χ3n) is 4.04. The first-order valence-corrected chi connectivity index (χ1v) is 11.1. The van der Waals surface area contributed by atoms with Crippen LogP contribution in [-0.2, 0) is 14.8 Å². The van der Waals surface area contributed by atoms with E-state index in [1.54, 1.807) is 30.3 Å². The van der Waals surface area contributed by atoms with E-state index in [1.807, 2.05) is 0 Å². The Morgan fingerprint density at radius 3 is 2.26 bits per heavy atom. The van der Waals surface area contributed by atoms with Gasteiger partial charge in [0.05, 0.1) is 9.82 Å². The van der Waals surface area contributed by atoms with Crippen molar-refractivity contribution in [1.82, 2.24) is 0 Å². The van der Waals surface area contributed by atoms with E-state index < -0.39 is 20.9 Å². The van der Waals surface area contributed by atoms with Crippen molar-refractivity contribution in [1.29, 1.82) is 0 Å². The van der Waals surface area contributed by atoms with Crippen LogP contribution in [0.1, 0.15) is 5.56 Å². The number of hydrogen-bond acceptors (Lipinski definition) is 5. The number of sulfonamides is 1. The molecule has 1 amide bonds. The number of halogens is 1. The number of rotatable bonds is 7. The van der Waals surface area contributed by atoms with Crippen LogP contribution in [0.25, 0.3) is 6.08 Å². The van der Waals surface area contributed by atoms with Crippen LogP contribution in [-0.4, -0.2) is 19.2 Å². The van der Waals surface area contributed by atoms with Crippen LogP contribution in [0.2, 0.25) is 0 Å². The van der Waals surface area contributed by atoms with Crippen molar-refractivity contribution in [2.45, 2.75) is 4.90 Å². The zero-order valence-electron chi connectivity index (χ0n) is 15.9. The number of non-ortho nitro benzene ring substituents is 1. The molecule has 0 radical (unpaired) electrons. The highest BCUT2D eigenvalue weighted by molar-refractivity contribution is 9.10. The van der Waals surface area contributed by atoms with Crippen LogP contribution in [0.3, 0.4) is 0 Å². The molecule has 0 aliphatic rings. The molecule has 0 aliphatic heterocycles. The van der Waals surface area contributed by atoms with Crippen molar-refractivity contribution in [2.24, 2.45) is 0 Å². The van der Waals surface area contributed by atoms with E-state index in [9.17, 15) is 23.3 Å². The first-order chi connectivity index (χ1) is 14.7. The van der Waals surface area contributed by atoms with Gasteiger partial charge in [0.15, 0.2) is 0 Å². The highest BCUT2D eigenvalue weighted by atomic mass is 79.9. The standard InChI is InChI=1S/C21H16BrN3O5S/c22-16-5-7-18(8-6-16)24-31(29,30)20-11-9-17(10-12-20)23-21(26)13-4-15-2-1-3-19(14-15)25(27)28/h1-14,24H,(H,23,26)/b13-4+. The topological polar surface area (TPSA) is 118 Å². The Kier molecular flexibility index (Phi) is 6.83. The van der Waals surface area contributed by atoms with E-state index in [2.05, 4.69) is 26.0 Å². The van der Waals surface area contributed by atoms with Gasteiger partial charge in [-0.05, 0) is 60.2 Å². The quantitative estimate of drug-likeness (QED) is 0.273. The zero-order chi connectivity index (χ0) is 22.4.